The van der Waals surface area contributed by atoms with Gasteiger partial charge in [-0.1, -0.05) is 30.1 Å². The number of fused-ring (bicyclic) bond motifs is 1. The molecule has 0 aliphatic carbocycles. The number of aromatic amines is 1. The van der Waals surface area contributed by atoms with Crippen molar-refractivity contribution in [2.24, 2.45) is 0 Å². The van der Waals surface area contributed by atoms with E-state index in [1.54, 1.807) is 18.3 Å². The Morgan fingerprint density at radius 1 is 1.22 bits per heavy atom. The summed E-state index contributed by atoms with van der Waals surface area (Å²) < 4.78 is 0. The van der Waals surface area contributed by atoms with E-state index in [0.29, 0.717) is 22.4 Å². The molecule has 1 atom stereocenters. The van der Waals surface area contributed by atoms with E-state index in [0.717, 1.165) is 22.9 Å². The number of aryl methyl sites for hydroxylation is 1. The first kappa shape index (κ1) is 16.0. The highest BCUT2D eigenvalue weighted by Gasteiger charge is 2.12. The van der Waals surface area contributed by atoms with Gasteiger partial charge in [0.05, 0.1) is 0 Å². The summed E-state index contributed by atoms with van der Waals surface area (Å²) in [5.74, 6) is 0.759. The van der Waals surface area contributed by atoms with Crippen molar-refractivity contribution in [1.29, 1.82) is 0 Å². The van der Waals surface area contributed by atoms with Crippen LogP contribution < -0.4 is 5.56 Å². The zero-order valence-electron chi connectivity index (χ0n) is 12.5. The van der Waals surface area contributed by atoms with Crippen molar-refractivity contribution >= 4 is 34.1 Å². The van der Waals surface area contributed by atoms with Crippen molar-refractivity contribution < 1.29 is 0 Å². The van der Waals surface area contributed by atoms with E-state index in [4.69, 9.17) is 23.2 Å². The first-order chi connectivity index (χ1) is 11.0. The Labute approximate surface area is 143 Å². The molecule has 6 heteroatoms. The molecule has 0 aliphatic heterocycles. The van der Waals surface area contributed by atoms with Crippen molar-refractivity contribution in [2.75, 3.05) is 0 Å². The fourth-order valence-electron chi connectivity index (χ4n) is 2.56. The normalized spacial score (nSPS) is 12.5. The molecule has 0 aliphatic rings. The van der Waals surface area contributed by atoms with Crippen LogP contribution >= 0.6 is 23.2 Å². The van der Waals surface area contributed by atoms with Gasteiger partial charge in [0, 0.05) is 28.7 Å². The van der Waals surface area contributed by atoms with Crippen LogP contribution in [-0.2, 0) is 6.42 Å². The van der Waals surface area contributed by atoms with Crippen LogP contribution in [-0.4, -0.2) is 15.0 Å². The predicted octanol–water partition coefficient (Wildman–Crippen LogP) is 4.36. The second kappa shape index (κ2) is 6.69. The summed E-state index contributed by atoms with van der Waals surface area (Å²) in [7, 11) is 0. The molecule has 118 valence electrons. The number of halogens is 2. The average Bonchev–Trinajstić information content (AvgIpc) is 2.52. The molecule has 1 N–H and O–H groups in total. The van der Waals surface area contributed by atoms with Crippen LogP contribution in [0.1, 0.15) is 30.7 Å². The van der Waals surface area contributed by atoms with Crippen LogP contribution in [0.3, 0.4) is 0 Å². The smallest absolute Gasteiger partial charge is 0.251 e. The predicted molar refractivity (Wildman–Crippen MR) is 93.4 cm³/mol. The Kier molecular flexibility index (Phi) is 4.64. The highest BCUT2D eigenvalue weighted by Crippen LogP contribution is 2.22. The summed E-state index contributed by atoms with van der Waals surface area (Å²) in [4.78, 5) is 23.6. The zero-order valence-corrected chi connectivity index (χ0v) is 14.0. The molecule has 0 bridgehead atoms. The van der Waals surface area contributed by atoms with E-state index >= 15 is 0 Å². The minimum atomic E-state index is -0.0701. The lowest BCUT2D eigenvalue weighted by atomic mass is 9.96. The van der Waals surface area contributed by atoms with E-state index in [1.165, 1.54) is 0 Å². The number of benzene rings is 1. The van der Waals surface area contributed by atoms with Gasteiger partial charge in [0.15, 0.2) is 0 Å². The van der Waals surface area contributed by atoms with Gasteiger partial charge in [0.1, 0.15) is 11.0 Å². The molecule has 23 heavy (non-hydrogen) atoms. The van der Waals surface area contributed by atoms with E-state index in [-0.39, 0.29) is 11.5 Å². The van der Waals surface area contributed by atoms with Crippen LogP contribution in [0.5, 0.6) is 0 Å². The lowest BCUT2D eigenvalue weighted by Gasteiger charge is -2.11. The summed E-state index contributed by atoms with van der Waals surface area (Å²) in [5.41, 5.74) is 1.45. The maximum atomic E-state index is 12.3. The maximum absolute atomic E-state index is 12.3. The monoisotopic (exact) mass is 347 g/mol. The Morgan fingerprint density at radius 2 is 2.04 bits per heavy atom. The molecule has 3 aromatic rings. The van der Waals surface area contributed by atoms with E-state index in [9.17, 15) is 4.79 Å². The summed E-state index contributed by atoms with van der Waals surface area (Å²) in [6.45, 7) is 2.02. The van der Waals surface area contributed by atoms with Gasteiger partial charge in [-0.05, 0) is 48.1 Å². The average molecular weight is 348 g/mol. The zero-order chi connectivity index (χ0) is 16.4. The van der Waals surface area contributed by atoms with Crippen molar-refractivity contribution in [1.82, 2.24) is 15.0 Å². The standard InChI is InChI=1S/C17H15Cl2N3O/c1-10(2-5-16-20-7-6-15(19)22-16)13-9-11-8-12(18)3-4-14(11)21-17(13)23/h3-4,6-10H,2,5H2,1H3,(H,21,23)/t10-/m1/s1. The van der Waals surface area contributed by atoms with E-state index < -0.39 is 0 Å². The minimum Gasteiger partial charge on any atom is -0.322 e. The van der Waals surface area contributed by atoms with Gasteiger partial charge in [0.2, 0.25) is 0 Å². The van der Waals surface area contributed by atoms with Crippen molar-refractivity contribution in [3.63, 3.8) is 0 Å². The third-order valence-electron chi connectivity index (χ3n) is 3.84. The maximum Gasteiger partial charge on any atom is 0.251 e. The molecule has 0 unspecified atom stereocenters. The number of pyridine rings is 1. The molecular formula is C17H15Cl2N3O. The quantitative estimate of drug-likeness (QED) is 0.713. The van der Waals surface area contributed by atoms with Crippen molar-refractivity contribution in [3.8, 4) is 0 Å². The SMILES string of the molecule is C[C@H](CCc1nccc(Cl)n1)c1cc2cc(Cl)ccc2[nH]c1=O. The van der Waals surface area contributed by atoms with Crippen molar-refractivity contribution in [2.45, 2.75) is 25.7 Å². The second-order valence-electron chi connectivity index (χ2n) is 5.52. The molecule has 4 nitrogen and oxygen atoms in total. The van der Waals surface area contributed by atoms with Crippen LogP contribution in [0.15, 0.2) is 41.3 Å². The fourth-order valence-corrected chi connectivity index (χ4v) is 2.89. The highest BCUT2D eigenvalue weighted by molar-refractivity contribution is 6.31. The lowest BCUT2D eigenvalue weighted by Crippen LogP contribution is -2.15. The molecule has 0 radical (unpaired) electrons. The third-order valence-corrected chi connectivity index (χ3v) is 4.28. The Balaban J connectivity index is 1.84. The molecule has 0 saturated heterocycles. The fraction of sp³-hybridized carbons (Fsp3) is 0.235. The van der Waals surface area contributed by atoms with Crippen LogP contribution in [0.25, 0.3) is 10.9 Å². The third kappa shape index (κ3) is 3.71. The minimum absolute atomic E-state index is 0.0701. The van der Waals surface area contributed by atoms with Gasteiger partial charge in [-0.3, -0.25) is 4.79 Å². The molecule has 3 rings (SSSR count). The number of hydrogen-bond acceptors (Lipinski definition) is 3. The van der Waals surface area contributed by atoms with Crippen LogP contribution in [0.2, 0.25) is 10.2 Å². The van der Waals surface area contributed by atoms with E-state index in [1.807, 2.05) is 25.1 Å². The molecular weight excluding hydrogens is 333 g/mol. The van der Waals surface area contributed by atoms with Gasteiger partial charge in [0.25, 0.3) is 5.56 Å². The molecule has 0 saturated carbocycles. The van der Waals surface area contributed by atoms with Crippen LogP contribution in [0.4, 0.5) is 0 Å². The lowest BCUT2D eigenvalue weighted by molar-refractivity contribution is 0.653. The Bertz CT molecular complexity index is 908. The Morgan fingerprint density at radius 3 is 2.83 bits per heavy atom. The number of aromatic nitrogens is 3. The van der Waals surface area contributed by atoms with Gasteiger partial charge in [-0.2, -0.15) is 0 Å². The topological polar surface area (TPSA) is 58.6 Å². The number of nitrogens with one attached hydrogen (secondary N) is 1. The van der Waals surface area contributed by atoms with Gasteiger partial charge in [-0.15, -0.1) is 0 Å². The summed E-state index contributed by atoms with van der Waals surface area (Å²) in [6, 6.07) is 8.98. The first-order valence-corrected chi connectivity index (χ1v) is 8.08. The Hall–Kier alpha value is -1.91. The van der Waals surface area contributed by atoms with E-state index in [2.05, 4.69) is 15.0 Å². The van der Waals surface area contributed by atoms with Crippen LogP contribution in [0, 0.1) is 0 Å². The number of rotatable bonds is 4. The highest BCUT2D eigenvalue weighted by atomic mass is 35.5. The molecule has 0 fully saturated rings. The molecule has 2 heterocycles. The largest absolute Gasteiger partial charge is 0.322 e. The number of H-pyrrole nitrogens is 1. The number of hydrogen-bond donors (Lipinski definition) is 1. The van der Waals surface area contributed by atoms with Crippen molar-refractivity contribution in [3.05, 3.63) is 68.4 Å². The first-order valence-electron chi connectivity index (χ1n) is 7.33. The molecule has 0 spiro atoms. The molecule has 2 aromatic heterocycles. The molecule has 1 aromatic carbocycles. The second-order valence-corrected chi connectivity index (χ2v) is 6.34. The van der Waals surface area contributed by atoms with Gasteiger partial charge in [-0.25, -0.2) is 9.97 Å². The molecule has 0 amide bonds. The van der Waals surface area contributed by atoms with Gasteiger partial charge < -0.3 is 4.98 Å². The van der Waals surface area contributed by atoms with Gasteiger partial charge >= 0.3 is 0 Å². The summed E-state index contributed by atoms with van der Waals surface area (Å²) in [5, 5.41) is 2.01. The number of nitrogens with zero attached hydrogens (tertiary/aromatic N) is 2. The summed E-state index contributed by atoms with van der Waals surface area (Å²) in [6.07, 6.45) is 3.06. The summed E-state index contributed by atoms with van der Waals surface area (Å²) >= 11 is 11.9.